The molecule has 1 heterocycles. The van der Waals surface area contributed by atoms with Gasteiger partial charge in [-0.3, -0.25) is 0 Å². The number of aliphatic hydroxyl groups is 1. The number of hydrogen-bond acceptors (Lipinski definition) is 4. The second-order valence-corrected chi connectivity index (χ2v) is 2.88. The first-order valence-electron chi connectivity index (χ1n) is 3.96. The molecule has 68 valence electrons. The zero-order chi connectivity index (χ0) is 9.14. The smallest absolute Gasteiger partial charge is 0.156 e. The zero-order valence-corrected chi connectivity index (χ0v) is 7.37. The second-order valence-electron chi connectivity index (χ2n) is 2.88. The van der Waals surface area contributed by atoms with Gasteiger partial charge >= 0.3 is 0 Å². The first-order valence-corrected chi connectivity index (χ1v) is 3.96. The molecule has 1 atom stereocenters. The molecule has 0 aromatic carbocycles. The van der Waals surface area contributed by atoms with E-state index in [1.165, 1.54) is 0 Å². The van der Waals surface area contributed by atoms with Crippen LogP contribution >= 0.6 is 0 Å². The Bertz CT molecular complexity index is 258. The number of aryl methyl sites for hydroxylation is 1. The normalized spacial score (nSPS) is 13.3. The standard InChI is InChI=1S/C8H14N2O2/c1-5-6(2)10-12-8(5)7(9)3-4-11/h7,11H,3-4,9H2,1-2H3. The van der Waals surface area contributed by atoms with E-state index >= 15 is 0 Å². The van der Waals surface area contributed by atoms with Crippen molar-refractivity contribution >= 4 is 0 Å². The summed E-state index contributed by atoms with van der Waals surface area (Å²) < 4.78 is 5.02. The number of nitrogens with two attached hydrogens (primary N) is 1. The molecule has 3 N–H and O–H groups in total. The molecule has 0 saturated heterocycles. The van der Waals surface area contributed by atoms with Crippen molar-refractivity contribution in [3.05, 3.63) is 17.0 Å². The quantitative estimate of drug-likeness (QED) is 0.699. The van der Waals surface area contributed by atoms with Gasteiger partial charge in [0.05, 0.1) is 11.7 Å². The van der Waals surface area contributed by atoms with E-state index in [2.05, 4.69) is 5.16 Å². The van der Waals surface area contributed by atoms with Crippen LogP contribution in [0.15, 0.2) is 4.52 Å². The third kappa shape index (κ3) is 1.65. The van der Waals surface area contributed by atoms with E-state index in [0.29, 0.717) is 12.2 Å². The summed E-state index contributed by atoms with van der Waals surface area (Å²) in [7, 11) is 0. The fourth-order valence-electron chi connectivity index (χ4n) is 1.05. The minimum absolute atomic E-state index is 0.0698. The molecule has 0 aliphatic heterocycles. The van der Waals surface area contributed by atoms with Crippen molar-refractivity contribution < 1.29 is 9.63 Å². The van der Waals surface area contributed by atoms with Crippen LogP contribution in [0.1, 0.15) is 29.5 Å². The maximum atomic E-state index is 8.65. The molecule has 0 bridgehead atoms. The minimum atomic E-state index is -0.240. The van der Waals surface area contributed by atoms with Crippen molar-refractivity contribution in [3.63, 3.8) is 0 Å². The number of aromatic nitrogens is 1. The number of aliphatic hydroxyl groups excluding tert-OH is 1. The van der Waals surface area contributed by atoms with Gasteiger partial charge in [0.25, 0.3) is 0 Å². The fourth-order valence-corrected chi connectivity index (χ4v) is 1.05. The average Bonchev–Trinajstić information content (AvgIpc) is 2.34. The van der Waals surface area contributed by atoms with Crippen LogP contribution in [0.2, 0.25) is 0 Å². The Hall–Kier alpha value is -0.870. The lowest BCUT2D eigenvalue weighted by Gasteiger charge is -2.05. The Morgan fingerprint density at radius 3 is 2.67 bits per heavy atom. The van der Waals surface area contributed by atoms with E-state index in [4.69, 9.17) is 15.4 Å². The van der Waals surface area contributed by atoms with Gasteiger partial charge in [0, 0.05) is 12.2 Å². The van der Waals surface area contributed by atoms with E-state index in [9.17, 15) is 0 Å². The summed E-state index contributed by atoms with van der Waals surface area (Å²) in [6.07, 6.45) is 0.509. The molecule has 1 aromatic rings. The summed E-state index contributed by atoms with van der Waals surface area (Å²) in [6.45, 7) is 3.85. The number of nitrogens with zero attached hydrogens (tertiary/aromatic N) is 1. The Kier molecular flexibility index (Phi) is 2.83. The van der Waals surface area contributed by atoms with E-state index in [-0.39, 0.29) is 12.6 Å². The van der Waals surface area contributed by atoms with Gasteiger partial charge in [-0.2, -0.15) is 0 Å². The molecule has 4 heteroatoms. The summed E-state index contributed by atoms with van der Waals surface area (Å²) in [5.74, 6) is 0.682. The van der Waals surface area contributed by atoms with Crippen LogP contribution in [0.25, 0.3) is 0 Å². The molecule has 0 saturated carbocycles. The van der Waals surface area contributed by atoms with E-state index in [1.54, 1.807) is 0 Å². The summed E-state index contributed by atoms with van der Waals surface area (Å²) in [5.41, 5.74) is 7.57. The lowest BCUT2D eigenvalue weighted by Crippen LogP contribution is -2.12. The van der Waals surface area contributed by atoms with Crippen LogP contribution in [0.3, 0.4) is 0 Å². The van der Waals surface area contributed by atoms with E-state index in [1.807, 2.05) is 13.8 Å². The highest BCUT2D eigenvalue weighted by molar-refractivity contribution is 5.21. The lowest BCUT2D eigenvalue weighted by atomic mass is 10.1. The van der Waals surface area contributed by atoms with Crippen molar-refractivity contribution in [2.75, 3.05) is 6.61 Å². The maximum absolute atomic E-state index is 8.65. The van der Waals surface area contributed by atoms with Gasteiger partial charge in [-0.1, -0.05) is 5.16 Å². The van der Waals surface area contributed by atoms with Gasteiger partial charge in [-0.25, -0.2) is 0 Å². The molecule has 0 spiro atoms. The summed E-state index contributed by atoms with van der Waals surface area (Å²) in [5, 5.41) is 12.4. The molecule has 1 unspecified atom stereocenters. The molecule has 1 rings (SSSR count). The molecular formula is C8H14N2O2. The predicted molar refractivity (Wildman–Crippen MR) is 44.6 cm³/mol. The summed E-state index contributed by atoms with van der Waals surface area (Å²) in [6, 6.07) is -0.240. The molecule has 0 fully saturated rings. The predicted octanol–water partition coefficient (Wildman–Crippen LogP) is 0.674. The van der Waals surface area contributed by atoms with E-state index in [0.717, 1.165) is 11.3 Å². The molecule has 0 amide bonds. The van der Waals surface area contributed by atoms with E-state index < -0.39 is 0 Å². The van der Waals surface area contributed by atoms with Crippen LogP contribution in [0.4, 0.5) is 0 Å². The van der Waals surface area contributed by atoms with Gasteiger partial charge in [0.15, 0.2) is 5.76 Å². The maximum Gasteiger partial charge on any atom is 0.156 e. The van der Waals surface area contributed by atoms with Crippen molar-refractivity contribution in [1.29, 1.82) is 0 Å². The lowest BCUT2D eigenvalue weighted by molar-refractivity contribution is 0.261. The first kappa shape index (κ1) is 9.22. The Balaban J connectivity index is 2.80. The Labute approximate surface area is 71.4 Å². The monoisotopic (exact) mass is 170 g/mol. The number of hydrogen-bond donors (Lipinski definition) is 2. The van der Waals surface area contributed by atoms with Crippen LogP contribution in [0, 0.1) is 13.8 Å². The topological polar surface area (TPSA) is 72.3 Å². The van der Waals surface area contributed by atoms with Crippen LogP contribution < -0.4 is 5.73 Å². The molecule has 4 nitrogen and oxygen atoms in total. The third-order valence-electron chi connectivity index (χ3n) is 1.97. The summed E-state index contributed by atoms with van der Waals surface area (Å²) in [4.78, 5) is 0. The van der Waals surface area contributed by atoms with Crippen LogP contribution in [-0.2, 0) is 0 Å². The van der Waals surface area contributed by atoms with Gasteiger partial charge in [-0.05, 0) is 20.3 Å². The Morgan fingerprint density at radius 1 is 1.58 bits per heavy atom. The molecule has 0 aliphatic rings. The van der Waals surface area contributed by atoms with Gasteiger partial charge in [0.2, 0.25) is 0 Å². The minimum Gasteiger partial charge on any atom is -0.396 e. The molecule has 0 radical (unpaired) electrons. The van der Waals surface area contributed by atoms with Gasteiger partial charge in [0.1, 0.15) is 0 Å². The second kappa shape index (κ2) is 3.69. The SMILES string of the molecule is Cc1noc(C(N)CCO)c1C. The average molecular weight is 170 g/mol. The van der Waals surface area contributed by atoms with Crippen LogP contribution in [0.5, 0.6) is 0 Å². The Morgan fingerprint density at radius 2 is 2.25 bits per heavy atom. The summed E-state index contributed by atoms with van der Waals surface area (Å²) >= 11 is 0. The molecular weight excluding hydrogens is 156 g/mol. The molecule has 0 aliphatic carbocycles. The zero-order valence-electron chi connectivity index (χ0n) is 7.37. The van der Waals surface area contributed by atoms with Crippen LogP contribution in [-0.4, -0.2) is 16.9 Å². The van der Waals surface area contributed by atoms with Crippen molar-refractivity contribution in [1.82, 2.24) is 5.16 Å². The third-order valence-corrected chi connectivity index (χ3v) is 1.97. The van der Waals surface area contributed by atoms with Crippen molar-refractivity contribution in [2.24, 2.45) is 5.73 Å². The van der Waals surface area contributed by atoms with Crippen molar-refractivity contribution in [2.45, 2.75) is 26.3 Å². The highest BCUT2D eigenvalue weighted by Crippen LogP contribution is 2.19. The van der Waals surface area contributed by atoms with Crippen molar-refractivity contribution in [3.8, 4) is 0 Å². The van der Waals surface area contributed by atoms with Gasteiger partial charge < -0.3 is 15.4 Å². The molecule has 12 heavy (non-hydrogen) atoms. The molecule has 1 aromatic heterocycles. The highest BCUT2D eigenvalue weighted by atomic mass is 16.5. The fraction of sp³-hybridized carbons (Fsp3) is 0.625. The van der Waals surface area contributed by atoms with Gasteiger partial charge in [-0.15, -0.1) is 0 Å². The first-order chi connectivity index (χ1) is 5.66. The number of rotatable bonds is 3. The highest BCUT2D eigenvalue weighted by Gasteiger charge is 2.15. The largest absolute Gasteiger partial charge is 0.396 e.